The van der Waals surface area contributed by atoms with Gasteiger partial charge in [0, 0.05) is 6.92 Å². The van der Waals surface area contributed by atoms with Gasteiger partial charge in [0.25, 0.3) is 0 Å². The third-order valence-corrected chi connectivity index (χ3v) is 0.612. The first kappa shape index (κ1) is 7.32. The Bertz CT molecular complexity index is 88.8. The maximum absolute atomic E-state index is 7.51. The lowest BCUT2D eigenvalue weighted by atomic mass is 10.6. The summed E-state index contributed by atoms with van der Waals surface area (Å²) in [5.41, 5.74) is 0. The molecule has 1 rings (SSSR count). The van der Waals surface area contributed by atoms with Crippen molar-refractivity contribution in [3.8, 4) is 12.0 Å². The van der Waals surface area contributed by atoms with E-state index in [9.17, 15) is 0 Å². The molecule has 0 aliphatic carbocycles. The van der Waals surface area contributed by atoms with Gasteiger partial charge in [-0.2, -0.15) is 0 Å². The Labute approximate surface area is 49.5 Å². The van der Waals surface area contributed by atoms with E-state index in [4.69, 9.17) is 9.84 Å². The molecule has 0 radical (unpaired) electrons. The molecule has 1 saturated heterocycles. The molecule has 1 fully saturated rings. The highest BCUT2D eigenvalue weighted by atomic mass is 16.6. The zero-order valence-electron chi connectivity index (χ0n) is 5.14. The number of rotatable bonds is 0. The van der Waals surface area contributed by atoms with Crippen LogP contribution in [-0.2, 0) is 4.74 Å². The van der Waals surface area contributed by atoms with Crippen molar-refractivity contribution >= 4 is 0 Å². The van der Waals surface area contributed by atoms with Gasteiger partial charge in [0.05, 0.1) is 12.7 Å². The fourth-order valence-corrected chi connectivity index (χ4v) is 0.0962. The first-order chi connectivity index (χ1) is 3.81. The maximum atomic E-state index is 7.51. The standard InChI is InChI=1S/C3H6O.C3H4O/c1-3-2-4-3;1-2-3-4/h3H,2H2,1H3;4H,1H3. The van der Waals surface area contributed by atoms with Crippen LogP contribution in [0.2, 0.25) is 0 Å². The average molecular weight is 114 g/mol. The molecule has 2 nitrogen and oxygen atoms in total. The number of hydrogen-bond acceptors (Lipinski definition) is 2. The van der Waals surface area contributed by atoms with Crippen molar-refractivity contribution in [2.24, 2.45) is 0 Å². The first-order valence-electron chi connectivity index (χ1n) is 2.48. The molecule has 1 heterocycles. The molecule has 1 aliphatic rings. The molecule has 0 bridgehead atoms. The SMILES string of the molecule is CC#CO.CC1CO1. The minimum Gasteiger partial charge on any atom is -0.462 e. The molecule has 1 N–H and O–H groups in total. The Morgan fingerprint density at radius 2 is 2.00 bits per heavy atom. The molecule has 8 heavy (non-hydrogen) atoms. The summed E-state index contributed by atoms with van der Waals surface area (Å²) in [5.74, 6) is 2.24. The molecule has 0 saturated carbocycles. The van der Waals surface area contributed by atoms with Gasteiger partial charge in [0.1, 0.15) is 6.11 Å². The molecule has 1 aliphatic heterocycles. The second kappa shape index (κ2) is 4.48. The van der Waals surface area contributed by atoms with Crippen LogP contribution in [-0.4, -0.2) is 17.8 Å². The van der Waals surface area contributed by atoms with E-state index in [0.717, 1.165) is 6.61 Å². The summed E-state index contributed by atoms with van der Waals surface area (Å²) in [6, 6.07) is 0. The maximum Gasteiger partial charge on any atom is 0.107 e. The summed E-state index contributed by atoms with van der Waals surface area (Å²) < 4.78 is 4.71. The lowest BCUT2D eigenvalue weighted by molar-refractivity contribution is 0.423. The summed E-state index contributed by atoms with van der Waals surface area (Å²) >= 11 is 0. The highest BCUT2D eigenvalue weighted by Gasteiger charge is 2.13. The predicted octanol–water partition coefficient (Wildman–Crippen LogP) is 0.745. The van der Waals surface area contributed by atoms with Crippen LogP contribution >= 0.6 is 0 Å². The fraction of sp³-hybridized carbons (Fsp3) is 0.667. The zero-order chi connectivity index (χ0) is 6.41. The van der Waals surface area contributed by atoms with E-state index < -0.39 is 0 Å². The van der Waals surface area contributed by atoms with Gasteiger partial charge in [-0.15, -0.1) is 0 Å². The van der Waals surface area contributed by atoms with Crippen LogP contribution in [0.3, 0.4) is 0 Å². The van der Waals surface area contributed by atoms with Crippen molar-refractivity contribution in [3.05, 3.63) is 0 Å². The van der Waals surface area contributed by atoms with Crippen molar-refractivity contribution in [1.29, 1.82) is 0 Å². The van der Waals surface area contributed by atoms with Gasteiger partial charge in [-0.05, 0) is 6.92 Å². The third-order valence-electron chi connectivity index (χ3n) is 0.612. The summed E-state index contributed by atoms with van der Waals surface area (Å²) in [6.07, 6.45) is 2.26. The van der Waals surface area contributed by atoms with Crippen LogP contribution in [0.5, 0.6) is 0 Å². The van der Waals surface area contributed by atoms with Crippen molar-refractivity contribution < 1.29 is 9.84 Å². The van der Waals surface area contributed by atoms with Gasteiger partial charge in [-0.1, -0.05) is 5.92 Å². The summed E-state index contributed by atoms with van der Waals surface area (Å²) in [7, 11) is 0. The van der Waals surface area contributed by atoms with E-state index in [1.165, 1.54) is 0 Å². The monoisotopic (exact) mass is 114 g/mol. The van der Waals surface area contributed by atoms with Crippen LogP contribution in [0.1, 0.15) is 13.8 Å². The molecule has 1 unspecified atom stereocenters. The molecular formula is C6H10O2. The minimum atomic E-state index is 0.583. The first-order valence-corrected chi connectivity index (χ1v) is 2.48. The lowest BCUT2D eigenvalue weighted by Crippen LogP contribution is -1.60. The molecule has 0 aromatic heterocycles. The van der Waals surface area contributed by atoms with Crippen molar-refractivity contribution in [2.45, 2.75) is 20.0 Å². The summed E-state index contributed by atoms with van der Waals surface area (Å²) in [5, 5.41) is 7.51. The topological polar surface area (TPSA) is 32.8 Å². The van der Waals surface area contributed by atoms with Gasteiger partial charge in [-0.25, -0.2) is 0 Å². The van der Waals surface area contributed by atoms with Crippen LogP contribution in [0.4, 0.5) is 0 Å². The van der Waals surface area contributed by atoms with E-state index in [0.29, 0.717) is 6.10 Å². The zero-order valence-corrected chi connectivity index (χ0v) is 5.14. The van der Waals surface area contributed by atoms with Gasteiger partial charge in [-0.3, -0.25) is 0 Å². The molecule has 2 heteroatoms. The number of aliphatic hydroxyl groups excluding tert-OH is 1. The largest absolute Gasteiger partial charge is 0.462 e. The number of aliphatic hydroxyl groups is 1. The second-order valence-corrected chi connectivity index (χ2v) is 1.51. The molecular weight excluding hydrogens is 104 g/mol. The molecule has 1 atom stereocenters. The van der Waals surface area contributed by atoms with Crippen LogP contribution < -0.4 is 0 Å². The van der Waals surface area contributed by atoms with E-state index in [1.54, 1.807) is 13.0 Å². The summed E-state index contributed by atoms with van der Waals surface area (Å²) in [4.78, 5) is 0. The Kier molecular flexibility index (Phi) is 4.10. The highest BCUT2D eigenvalue weighted by Crippen LogP contribution is 2.04. The smallest absolute Gasteiger partial charge is 0.107 e. The molecule has 0 aromatic carbocycles. The predicted molar refractivity (Wildman–Crippen MR) is 30.8 cm³/mol. The van der Waals surface area contributed by atoms with Gasteiger partial charge >= 0.3 is 0 Å². The second-order valence-electron chi connectivity index (χ2n) is 1.51. The third kappa shape index (κ3) is 9.01. The van der Waals surface area contributed by atoms with Gasteiger partial charge in [0.2, 0.25) is 0 Å². The minimum absolute atomic E-state index is 0.583. The van der Waals surface area contributed by atoms with Crippen molar-refractivity contribution in [2.75, 3.05) is 6.61 Å². The molecule has 46 valence electrons. The van der Waals surface area contributed by atoms with E-state index in [-0.39, 0.29) is 0 Å². The Morgan fingerprint density at radius 3 is 2.00 bits per heavy atom. The fourth-order valence-electron chi connectivity index (χ4n) is 0.0962. The van der Waals surface area contributed by atoms with Crippen molar-refractivity contribution in [1.82, 2.24) is 0 Å². The lowest BCUT2D eigenvalue weighted by Gasteiger charge is -1.50. The van der Waals surface area contributed by atoms with E-state index >= 15 is 0 Å². The van der Waals surface area contributed by atoms with E-state index in [1.807, 2.05) is 0 Å². The Morgan fingerprint density at radius 1 is 1.75 bits per heavy atom. The number of hydrogen-bond donors (Lipinski definition) is 1. The Hall–Kier alpha value is -0.680. The quantitative estimate of drug-likeness (QED) is 0.372. The van der Waals surface area contributed by atoms with Gasteiger partial charge < -0.3 is 9.84 Å². The highest BCUT2D eigenvalue weighted by molar-refractivity contribution is 4.81. The number of ether oxygens (including phenoxy) is 1. The van der Waals surface area contributed by atoms with E-state index in [2.05, 4.69) is 12.8 Å². The normalized spacial score (nSPS) is 21.5. The molecule has 0 amide bonds. The van der Waals surface area contributed by atoms with Gasteiger partial charge in [0.15, 0.2) is 0 Å². The Balaban J connectivity index is 0.000000122. The van der Waals surface area contributed by atoms with Crippen LogP contribution in [0.25, 0.3) is 0 Å². The van der Waals surface area contributed by atoms with Crippen molar-refractivity contribution in [3.63, 3.8) is 0 Å². The number of epoxide rings is 1. The summed E-state index contributed by atoms with van der Waals surface area (Å²) in [6.45, 7) is 4.61. The van der Waals surface area contributed by atoms with Crippen LogP contribution in [0, 0.1) is 12.0 Å². The van der Waals surface area contributed by atoms with Crippen LogP contribution in [0.15, 0.2) is 0 Å². The molecule has 0 spiro atoms. The average Bonchev–Trinajstić information content (AvgIpc) is 2.52. The molecule has 0 aromatic rings.